The Kier molecular flexibility index (Phi) is 4.15. The molecule has 1 saturated carbocycles. The highest BCUT2D eigenvalue weighted by Crippen LogP contribution is 2.29. The van der Waals surface area contributed by atoms with Crippen molar-refractivity contribution in [3.05, 3.63) is 29.3 Å². The maximum Gasteiger partial charge on any atom is 0.251 e. The van der Waals surface area contributed by atoms with Crippen LogP contribution >= 0.6 is 0 Å². The number of carbonyl (C=O) groups excluding carboxylic acids is 1. The fourth-order valence-electron chi connectivity index (χ4n) is 2.40. The first kappa shape index (κ1) is 15.0. The summed E-state index contributed by atoms with van der Waals surface area (Å²) in [5.74, 6) is 0.274. The SMILES string of the molecule is Cc1ccc(C(=O)NC(C)C2CCC2)cc1S(N)(=O)=O. The summed E-state index contributed by atoms with van der Waals surface area (Å²) in [6.07, 6.45) is 3.49. The molecule has 20 heavy (non-hydrogen) atoms. The Labute approximate surface area is 119 Å². The zero-order valence-corrected chi connectivity index (χ0v) is 12.5. The van der Waals surface area contributed by atoms with Gasteiger partial charge in [0, 0.05) is 11.6 Å². The first-order valence-electron chi connectivity index (χ1n) is 6.73. The lowest BCUT2D eigenvalue weighted by Gasteiger charge is -2.31. The number of aryl methyl sites for hydroxylation is 1. The third kappa shape index (κ3) is 3.19. The summed E-state index contributed by atoms with van der Waals surface area (Å²) < 4.78 is 22.9. The van der Waals surface area contributed by atoms with Crippen molar-refractivity contribution in [3.8, 4) is 0 Å². The number of primary sulfonamides is 1. The number of hydrogen-bond acceptors (Lipinski definition) is 3. The van der Waals surface area contributed by atoms with Crippen LogP contribution in [-0.2, 0) is 10.0 Å². The van der Waals surface area contributed by atoms with Crippen molar-refractivity contribution >= 4 is 15.9 Å². The van der Waals surface area contributed by atoms with Crippen molar-refractivity contribution in [2.75, 3.05) is 0 Å². The topological polar surface area (TPSA) is 89.3 Å². The fraction of sp³-hybridized carbons (Fsp3) is 0.500. The molecular weight excluding hydrogens is 276 g/mol. The lowest BCUT2D eigenvalue weighted by Crippen LogP contribution is -2.40. The van der Waals surface area contributed by atoms with E-state index in [9.17, 15) is 13.2 Å². The number of sulfonamides is 1. The van der Waals surface area contributed by atoms with Crippen LogP contribution in [0.5, 0.6) is 0 Å². The van der Waals surface area contributed by atoms with Crippen molar-refractivity contribution < 1.29 is 13.2 Å². The Balaban J connectivity index is 2.18. The second-order valence-electron chi connectivity index (χ2n) is 5.48. The van der Waals surface area contributed by atoms with Gasteiger partial charge >= 0.3 is 0 Å². The molecule has 6 heteroatoms. The van der Waals surface area contributed by atoms with Crippen LogP contribution in [0.25, 0.3) is 0 Å². The highest BCUT2D eigenvalue weighted by Gasteiger charge is 2.25. The molecule has 2 rings (SSSR count). The van der Waals surface area contributed by atoms with E-state index in [0.29, 0.717) is 17.0 Å². The summed E-state index contributed by atoms with van der Waals surface area (Å²) in [5, 5.41) is 8.07. The minimum absolute atomic E-state index is 0.00134. The van der Waals surface area contributed by atoms with Crippen molar-refractivity contribution in [3.63, 3.8) is 0 Å². The smallest absolute Gasteiger partial charge is 0.251 e. The van der Waals surface area contributed by atoms with Gasteiger partial charge in [-0.3, -0.25) is 4.79 Å². The summed E-state index contributed by atoms with van der Waals surface area (Å²) in [6, 6.07) is 4.67. The Bertz CT molecular complexity index is 621. The molecule has 1 fully saturated rings. The molecule has 5 nitrogen and oxygen atoms in total. The Hall–Kier alpha value is -1.40. The molecule has 1 aromatic carbocycles. The van der Waals surface area contributed by atoms with Gasteiger partial charge in [-0.1, -0.05) is 12.5 Å². The molecule has 0 heterocycles. The molecule has 0 bridgehead atoms. The molecular formula is C14H20N2O3S. The van der Waals surface area contributed by atoms with Crippen LogP contribution < -0.4 is 10.5 Å². The number of nitrogens with one attached hydrogen (secondary N) is 1. The van der Waals surface area contributed by atoms with E-state index in [4.69, 9.17) is 5.14 Å². The van der Waals surface area contributed by atoms with Crippen LogP contribution in [0.4, 0.5) is 0 Å². The number of rotatable bonds is 4. The first-order chi connectivity index (χ1) is 9.29. The molecule has 0 spiro atoms. The maximum atomic E-state index is 12.1. The van der Waals surface area contributed by atoms with E-state index in [2.05, 4.69) is 5.32 Å². The van der Waals surface area contributed by atoms with Gasteiger partial charge in [0.25, 0.3) is 5.91 Å². The number of hydrogen-bond donors (Lipinski definition) is 2. The molecule has 1 amide bonds. The summed E-state index contributed by atoms with van der Waals surface area (Å²) in [5.41, 5.74) is 0.863. The van der Waals surface area contributed by atoms with Crippen LogP contribution in [0.15, 0.2) is 23.1 Å². The van der Waals surface area contributed by atoms with E-state index in [-0.39, 0.29) is 16.8 Å². The quantitative estimate of drug-likeness (QED) is 0.883. The lowest BCUT2D eigenvalue weighted by molar-refractivity contribution is 0.0909. The molecule has 0 radical (unpaired) electrons. The average Bonchev–Trinajstić information content (AvgIpc) is 2.25. The van der Waals surface area contributed by atoms with Gasteiger partial charge in [0.15, 0.2) is 0 Å². The molecule has 0 saturated heterocycles. The molecule has 1 aromatic rings. The molecule has 1 unspecified atom stereocenters. The van der Waals surface area contributed by atoms with Crippen molar-refractivity contribution in [1.29, 1.82) is 0 Å². The van der Waals surface area contributed by atoms with E-state index in [1.807, 2.05) is 6.92 Å². The molecule has 0 aliphatic heterocycles. The van der Waals surface area contributed by atoms with E-state index in [0.717, 1.165) is 12.8 Å². The third-order valence-corrected chi connectivity index (χ3v) is 5.03. The van der Waals surface area contributed by atoms with Gasteiger partial charge in [0.2, 0.25) is 10.0 Å². The van der Waals surface area contributed by atoms with Gasteiger partial charge in [-0.25, -0.2) is 13.6 Å². The van der Waals surface area contributed by atoms with Gasteiger partial charge in [0.05, 0.1) is 4.90 Å². The maximum absolute atomic E-state index is 12.1. The summed E-state index contributed by atoms with van der Waals surface area (Å²) >= 11 is 0. The minimum atomic E-state index is -3.81. The average molecular weight is 296 g/mol. The summed E-state index contributed by atoms with van der Waals surface area (Å²) in [4.78, 5) is 12.1. The van der Waals surface area contributed by atoms with Gasteiger partial charge in [-0.2, -0.15) is 0 Å². The lowest BCUT2D eigenvalue weighted by atomic mass is 9.80. The van der Waals surface area contributed by atoms with Gasteiger partial charge < -0.3 is 5.32 Å². The molecule has 3 N–H and O–H groups in total. The van der Waals surface area contributed by atoms with E-state index >= 15 is 0 Å². The molecule has 110 valence electrons. The van der Waals surface area contributed by atoms with Crippen molar-refractivity contribution in [1.82, 2.24) is 5.32 Å². The normalized spacial score (nSPS) is 17.4. The van der Waals surface area contributed by atoms with Crippen molar-refractivity contribution in [2.45, 2.75) is 44.0 Å². The standard InChI is InChI=1S/C14H20N2O3S/c1-9-6-7-12(8-13(9)20(15,18)19)14(17)16-10(2)11-4-3-5-11/h6-8,10-11H,3-5H2,1-2H3,(H,16,17)(H2,15,18,19). The second-order valence-corrected chi connectivity index (χ2v) is 7.01. The van der Waals surface area contributed by atoms with Gasteiger partial charge in [-0.15, -0.1) is 0 Å². The summed E-state index contributed by atoms with van der Waals surface area (Å²) in [6.45, 7) is 3.63. The monoisotopic (exact) mass is 296 g/mol. The van der Waals surface area contributed by atoms with E-state index in [1.165, 1.54) is 12.5 Å². The predicted molar refractivity (Wildman–Crippen MR) is 76.8 cm³/mol. The Morgan fingerprint density at radius 2 is 2.05 bits per heavy atom. The fourth-order valence-corrected chi connectivity index (χ4v) is 3.20. The number of benzene rings is 1. The number of carbonyl (C=O) groups is 1. The molecule has 0 aromatic heterocycles. The Morgan fingerprint density at radius 3 is 2.55 bits per heavy atom. The van der Waals surface area contributed by atoms with Gasteiger partial charge in [0.1, 0.15) is 0 Å². The zero-order chi connectivity index (χ0) is 14.9. The highest BCUT2D eigenvalue weighted by atomic mass is 32.2. The van der Waals surface area contributed by atoms with Crippen LogP contribution in [0.3, 0.4) is 0 Å². The molecule has 1 aliphatic rings. The van der Waals surface area contributed by atoms with Crippen LogP contribution in [0, 0.1) is 12.8 Å². The van der Waals surface area contributed by atoms with Crippen LogP contribution in [0.1, 0.15) is 42.1 Å². The molecule has 1 aliphatic carbocycles. The highest BCUT2D eigenvalue weighted by molar-refractivity contribution is 7.89. The van der Waals surface area contributed by atoms with Crippen molar-refractivity contribution in [2.24, 2.45) is 11.1 Å². The van der Waals surface area contributed by atoms with E-state index in [1.54, 1.807) is 19.1 Å². The summed E-state index contributed by atoms with van der Waals surface area (Å²) in [7, 11) is -3.81. The largest absolute Gasteiger partial charge is 0.349 e. The van der Waals surface area contributed by atoms with Crippen LogP contribution in [0.2, 0.25) is 0 Å². The predicted octanol–water partition coefficient (Wildman–Crippen LogP) is 1.56. The van der Waals surface area contributed by atoms with Crippen LogP contribution in [-0.4, -0.2) is 20.4 Å². The zero-order valence-electron chi connectivity index (χ0n) is 11.7. The van der Waals surface area contributed by atoms with Gasteiger partial charge in [-0.05, 0) is 50.3 Å². The minimum Gasteiger partial charge on any atom is -0.349 e. The second kappa shape index (κ2) is 5.54. The first-order valence-corrected chi connectivity index (χ1v) is 8.28. The number of nitrogens with two attached hydrogens (primary N) is 1. The Morgan fingerprint density at radius 1 is 1.40 bits per heavy atom. The number of amides is 1. The molecule has 1 atom stereocenters. The van der Waals surface area contributed by atoms with E-state index < -0.39 is 10.0 Å². The third-order valence-electron chi connectivity index (χ3n) is 3.97.